The molecule has 0 bridgehead atoms. The van der Waals surface area contributed by atoms with Crippen molar-refractivity contribution in [2.24, 2.45) is 5.73 Å². The van der Waals surface area contributed by atoms with Crippen LogP contribution in [0, 0.1) is 5.82 Å². The molecule has 8 nitrogen and oxygen atoms in total. The van der Waals surface area contributed by atoms with E-state index in [4.69, 9.17) is 5.73 Å². The van der Waals surface area contributed by atoms with E-state index in [-0.39, 0.29) is 5.56 Å². The number of carbonyl (C=O) groups excluding carboxylic acids is 1. The van der Waals surface area contributed by atoms with Crippen molar-refractivity contribution in [2.75, 3.05) is 11.9 Å². The number of primary amides is 1. The Bertz CT molecular complexity index is 1270. The molecule has 0 aliphatic rings. The minimum Gasteiger partial charge on any atom is -0.366 e. The van der Waals surface area contributed by atoms with E-state index >= 15 is 0 Å². The van der Waals surface area contributed by atoms with Gasteiger partial charge < -0.3 is 5.73 Å². The molecular weight excluding hydrogens is 453 g/mol. The van der Waals surface area contributed by atoms with Crippen molar-refractivity contribution in [1.82, 2.24) is 24.3 Å². The van der Waals surface area contributed by atoms with Gasteiger partial charge in [-0.05, 0) is 46.6 Å². The highest BCUT2D eigenvalue weighted by atomic mass is 79.9. The Labute approximate surface area is 179 Å². The Morgan fingerprint density at radius 3 is 2.80 bits per heavy atom. The van der Waals surface area contributed by atoms with Crippen molar-refractivity contribution in [2.45, 2.75) is 13.3 Å². The molecular formula is C20H17BrFN7O. The van der Waals surface area contributed by atoms with Crippen molar-refractivity contribution < 1.29 is 9.18 Å². The van der Waals surface area contributed by atoms with Gasteiger partial charge in [0.1, 0.15) is 16.2 Å². The SMILES string of the molecule is CCc1nc2cnc(Br)cn2c1N(C)c1nccc(-c2ccc(F)cc2C(N)=O)n1. The first-order valence-corrected chi connectivity index (χ1v) is 9.87. The molecule has 0 saturated carbocycles. The van der Waals surface area contributed by atoms with Crippen molar-refractivity contribution in [1.29, 1.82) is 0 Å². The fourth-order valence-electron chi connectivity index (χ4n) is 3.26. The molecule has 0 aliphatic heterocycles. The number of amides is 1. The quantitative estimate of drug-likeness (QED) is 0.479. The molecule has 152 valence electrons. The van der Waals surface area contributed by atoms with E-state index in [2.05, 4.69) is 35.9 Å². The lowest BCUT2D eigenvalue weighted by molar-refractivity contribution is 0.100. The molecule has 4 rings (SSSR count). The molecule has 10 heteroatoms. The number of aromatic nitrogens is 5. The number of nitrogens with zero attached hydrogens (tertiary/aromatic N) is 6. The third kappa shape index (κ3) is 3.50. The van der Waals surface area contributed by atoms with Gasteiger partial charge in [-0.2, -0.15) is 0 Å². The molecule has 1 aromatic carbocycles. The lowest BCUT2D eigenvalue weighted by atomic mass is 10.0. The molecule has 2 N–H and O–H groups in total. The van der Waals surface area contributed by atoms with Gasteiger partial charge in [0.25, 0.3) is 0 Å². The zero-order valence-corrected chi connectivity index (χ0v) is 17.8. The van der Waals surface area contributed by atoms with Crippen LogP contribution in [0.1, 0.15) is 23.0 Å². The number of benzene rings is 1. The van der Waals surface area contributed by atoms with Crippen LogP contribution in [-0.2, 0) is 6.42 Å². The molecule has 4 aromatic rings. The van der Waals surface area contributed by atoms with E-state index in [0.717, 1.165) is 17.6 Å². The predicted molar refractivity (Wildman–Crippen MR) is 114 cm³/mol. The second-order valence-corrected chi connectivity index (χ2v) is 7.34. The first-order chi connectivity index (χ1) is 14.4. The Morgan fingerprint density at radius 1 is 1.27 bits per heavy atom. The first-order valence-electron chi connectivity index (χ1n) is 9.08. The molecule has 0 fully saturated rings. The summed E-state index contributed by atoms with van der Waals surface area (Å²) in [4.78, 5) is 31.4. The number of hydrogen-bond donors (Lipinski definition) is 1. The number of nitrogens with two attached hydrogens (primary N) is 1. The Balaban J connectivity index is 1.84. The van der Waals surface area contributed by atoms with Crippen LogP contribution in [0.25, 0.3) is 16.9 Å². The highest BCUT2D eigenvalue weighted by Crippen LogP contribution is 2.29. The molecule has 30 heavy (non-hydrogen) atoms. The first kappa shape index (κ1) is 19.9. The second kappa shape index (κ2) is 7.79. The van der Waals surface area contributed by atoms with Crippen molar-refractivity contribution >= 4 is 39.3 Å². The maximum Gasteiger partial charge on any atom is 0.249 e. The number of aryl methyl sites for hydroxylation is 1. The highest BCUT2D eigenvalue weighted by Gasteiger charge is 2.20. The molecule has 0 saturated heterocycles. The molecule has 0 atom stereocenters. The van der Waals surface area contributed by atoms with Gasteiger partial charge >= 0.3 is 0 Å². The Morgan fingerprint density at radius 2 is 2.07 bits per heavy atom. The van der Waals surface area contributed by atoms with Gasteiger partial charge in [0.15, 0.2) is 5.65 Å². The standard InChI is InChI=1S/C20H17BrFN7O/c1-3-14-19(29-10-16(21)25-9-17(29)26-14)28(2)20-24-7-6-15(27-20)12-5-4-11(22)8-13(12)18(23)30/h4-10H,3H2,1-2H3,(H2,23,30). The van der Waals surface area contributed by atoms with Crippen LogP contribution in [-0.4, -0.2) is 37.3 Å². The minimum atomic E-state index is -0.731. The van der Waals surface area contributed by atoms with Crippen molar-refractivity contribution in [3.8, 4) is 11.3 Å². The summed E-state index contributed by atoms with van der Waals surface area (Å²) in [5.41, 5.74) is 7.92. The average molecular weight is 470 g/mol. The van der Waals surface area contributed by atoms with E-state index in [1.807, 2.05) is 29.5 Å². The zero-order valence-electron chi connectivity index (χ0n) is 16.2. The number of rotatable bonds is 5. The summed E-state index contributed by atoms with van der Waals surface area (Å²) in [5, 5.41) is 0. The van der Waals surface area contributed by atoms with E-state index in [1.54, 1.807) is 18.5 Å². The largest absolute Gasteiger partial charge is 0.366 e. The van der Waals surface area contributed by atoms with Crippen LogP contribution in [0.2, 0.25) is 0 Å². The van der Waals surface area contributed by atoms with Crippen LogP contribution in [0.5, 0.6) is 0 Å². The Hall–Kier alpha value is -3.40. The monoisotopic (exact) mass is 469 g/mol. The molecule has 3 aromatic heterocycles. The third-order valence-corrected chi connectivity index (χ3v) is 5.05. The molecule has 3 heterocycles. The highest BCUT2D eigenvalue weighted by molar-refractivity contribution is 9.10. The summed E-state index contributed by atoms with van der Waals surface area (Å²) < 4.78 is 16.2. The number of fused-ring (bicyclic) bond motifs is 1. The van der Waals surface area contributed by atoms with Crippen LogP contribution in [0.4, 0.5) is 16.2 Å². The predicted octanol–water partition coefficient (Wildman–Crippen LogP) is 3.52. The average Bonchev–Trinajstić information content (AvgIpc) is 3.10. The smallest absolute Gasteiger partial charge is 0.249 e. The van der Waals surface area contributed by atoms with Crippen molar-refractivity contribution in [3.63, 3.8) is 0 Å². The molecule has 0 aliphatic carbocycles. The van der Waals surface area contributed by atoms with E-state index in [1.165, 1.54) is 12.1 Å². The van der Waals surface area contributed by atoms with Gasteiger partial charge in [-0.3, -0.25) is 14.1 Å². The molecule has 1 amide bonds. The normalized spacial score (nSPS) is 11.1. The van der Waals surface area contributed by atoms with Crippen LogP contribution in [0.3, 0.4) is 0 Å². The fraction of sp³-hybridized carbons (Fsp3) is 0.150. The van der Waals surface area contributed by atoms with Gasteiger partial charge in [-0.1, -0.05) is 6.92 Å². The summed E-state index contributed by atoms with van der Waals surface area (Å²) in [6.45, 7) is 2.01. The van der Waals surface area contributed by atoms with Gasteiger partial charge in [-0.25, -0.2) is 24.3 Å². The van der Waals surface area contributed by atoms with E-state index in [0.29, 0.717) is 33.9 Å². The summed E-state index contributed by atoms with van der Waals surface area (Å²) in [6, 6.07) is 5.49. The number of imidazole rings is 1. The molecule has 0 spiro atoms. The number of carbonyl (C=O) groups is 1. The zero-order chi connectivity index (χ0) is 21.4. The maximum atomic E-state index is 13.6. The third-order valence-electron chi connectivity index (χ3n) is 4.64. The lowest BCUT2D eigenvalue weighted by Crippen LogP contribution is -2.17. The van der Waals surface area contributed by atoms with Crippen LogP contribution in [0.15, 0.2) is 47.5 Å². The molecule has 0 unspecified atom stereocenters. The number of anilines is 2. The maximum absolute atomic E-state index is 13.6. The van der Waals surface area contributed by atoms with Gasteiger partial charge in [0.2, 0.25) is 11.9 Å². The Kier molecular flexibility index (Phi) is 5.17. The van der Waals surface area contributed by atoms with Gasteiger partial charge in [0.05, 0.1) is 23.1 Å². The lowest BCUT2D eigenvalue weighted by Gasteiger charge is -2.19. The second-order valence-electron chi connectivity index (χ2n) is 6.53. The van der Waals surface area contributed by atoms with Crippen LogP contribution < -0.4 is 10.6 Å². The summed E-state index contributed by atoms with van der Waals surface area (Å²) >= 11 is 3.39. The summed E-state index contributed by atoms with van der Waals surface area (Å²) in [5.74, 6) is -0.0967. The molecule has 0 radical (unpaired) electrons. The van der Waals surface area contributed by atoms with Crippen molar-refractivity contribution in [3.05, 3.63) is 64.5 Å². The van der Waals surface area contributed by atoms with Crippen LogP contribution >= 0.6 is 15.9 Å². The van der Waals surface area contributed by atoms with E-state index in [9.17, 15) is 9.18 Å². The van der Waals surface area contributed by atoms with E-state index < -0.39 is 11.7 Å². The summed E-state index contributed by atoms with van der Waals surface area (Å²) in [6.07, 6.45) is 5.77. The number of hydrogen-bond acceptors (Lipinski definition) is 6. The van der Waals surface area contributed by atoms with Gasteiger partial charge in [-0.15, -0.1) is 0 Å². The fourth-order valence-corrected chi connectivity index (χ4v) is 3.57. The minimum absolute atomic E-state index is 0.0568. The summed E-state index contributed by atoms with van der Waals surface area (Å²) in [7, 11) is 1.83. The van der Waals surface area contributed by atoms with Gasteiger partial charge in [0, 0.05) is 25.0 Å². The number of halogens is 2. The topological polar surface area (TPSA) is 102 Å².